The summed E-state index contributed by atoms with van der Waals surface area (Å²) in [6, 6.07) is 14.7. The summed E-state index contributed by atoms with van der Waals surface area (Å²) in [7, 11) is 0. The molecule has 0 saturated carbocycles. The van der Waals surface area contributed by atoms with Gasteiger partial charge in [0.15, 0.2) is 23.0 Å². The lowest BCUT2D eigenvalue weighted by Crippen LogP contribution is -2.25. The van der Waals surface area contributed by atoms with Crippen LogP contribution in [0.1, 0.15) is 55.4 Å². The van der Waals surface area contributed by atoms with Crippen molar-refractivity contribution in [2.45, 2.75) is 73.7 Å². The molecule has 2 aliphatic rings. The molecule has 2 saturated heterocycles. The molecular weight excluding hydrogens is 484 g/mol. The van der Waals surface area contributed by atoms with Crippen LogP contribution >= 0.6 is 0 Å². The smallest absolute Gasteiger partial charge is 0.161 e. The Balaban J connectivity index is 0.000000435. The Kier molecular flexibility index (Phi) is 12.7. The Labute approximate surface area is 229 Å². The summed E-state index contributed by atoms with van der Waals surface area (Å²) >= 11 is 0. The third-order valence-electron chi connectivity index (χ3n) is 4.21. The molecule has 2 unspecified atom stereocenters. The first-order chi connectivity index (χ1) is 17.8. The molecule has 0 aromatic heterocycles. The van der Waals surface area contributed by atoms with Crippen molar-refractivity contribution in [1.82, 2.24) is 0 Å². The highest BCUT2D eigenvalue weighted by Crippen LogP contribution is 2.29. The summed E-state index contributed by atoms with van der Waals surface area (Å²) < 4.78 is 33.1. The highest BCUT2D eigenvalue weighted by molar-refractivity contribution is 5.40. The fourth-order valence-electron chi connectivity index (χ4n) is 2.49. The van der Waals surface area contributed by atoms with Crippen LogP contribution < -0.4 is 18.9 Å². The SMILES string of the molecule is CC(C)(C)C.CC(C)(C)C.OC(COc1ccccc1OCC1CO1)COc1ccccc1OCC1CO1. The van der Waals surface area contributed by atoms with E-state index in [9.17, 15) is 5.11 Å². The fourth-order valence-corrected chi connectivity index (χ4v) is 2.49. The van der Waals surface area contributed by atoms with Gasteiger partial charge in [-0.2, -0.15) is 0 Å². The van der Waals surface area contributed by atoms with Crippen molar-refractivity contribution in [1.29, 1.82) is 0 Å². The van der Waals surface area contributed by atoms with Crippen molar-refractivity contribution >= 4 is 0 Å². The predicted octanol–water partition coefficient (Wildman–Crippen LogP) is 6.17. The van der Waals surface area contributed by atoms with E-state index in [1.165, 1.54) is 0 Å². The summed E-state index contributed by atoms with van der Waals surface area (Å²) in [6.07, 6.45) is -0.471. The van der Waals surface area contributed by atoms with Gasteiger partial charge in [0.05, 0.1) is 13.2 Å². The minimum absolute atomic E-state index is 0.0826. The molecule has 2 fully saturated rings. The van der Waals surface area contributed by atoms with Crippen LogP contribution in [-0.4, -0.2) is 63.1 Å². The van der Waals surface area contributed by atoms with Crippen LogP contribution in [0.2, 0.25) is 0 Å². The summed E-state index contributed by atoms with van der Waals surface area (Å²) in [5.41, 5.74) is 1.00. The quantitative estimate of drug-likeness (QED) is 0.328. The normalized spacial score (nSPS) is 18.6. The molecule has 2 aromatic carbocycles. The van der Waals surface area contributed by atoms with Crippen LogP contribution in [0, 0.1) is 10.8 Å². The Morgan fingerprint density at radius 3 is 1.16 bits per heavy atom. The number of hydrogen-bond acceptors (Lipinski definition) is 7. The number of ether oxygens (including phenoxy) is 6. The first-order valence-corrected chi connectivity index (χ1v) is 13.4. The molecule has 4 rings (SSSR count). The van der Waals surface area contributed by atoms with Crippen molar-refractivity contribution in [2.24, 2.45) is 10.8 Å². The van der Waals surface area contributed by atoms with E-state index < -0.39 is 6.10 Å². The maximum absolute atomic E-state index is 10.2. The standard InChI is InChI=1S/C21H24O7.2C5H12/c22-15(9-25-18-5-1-3-7-20(18)27-13-16-11-23-16)10-26-19-6-2-4-8-21(19)28-14-17-12-24-17;2*1-5(2,3)4/h1-8,15-17,22H,9-14H2;2*1-4H3. The molecule has 1 N–H and O–H groups in total. The zero-order valence-corrected chi connectivity index (χ0v) is 24.5. The van der Waals surface area contributed by atoms with Crippen LogP contribution in [0.15, 0.2) is 48.5 Å². The van der Waals surface area contributed by atoms with Gasteiger partial charge in [0.2, 0.25) is 0 Å². The lowest BCUT2D eigenvalue weighted by Gasteiger charge is -2.17. The third kappa shape index (κ3) is 17.1. The van der Waals surface area contributed by atoms with E-state index in [2.05, 4.69) is 55.4 Å². The van der Waals surface area contributed by atoms with E-state index in [-0.39, 0.29) is 25.4 Å². The third-order valence-corrected chi connectivity index (χ3v) is 4.21. The Bertz CT molecular complexity index is 837. The number of aliphatic hydroxyl groups excluding tert-OH is 1. The van der Waals surface area contributed by atoms with E-state index in [0.29, 0.717) is 47.0 Å². The largest absolute Gasteiger partial charge is 0.487 e. The van der Waals surface area contributed by atoms with E-state index in [4.69, 9.17) is 28.4 Å². The summed E-state index contributed by atoms with van der Waals surface area (Å²) in [6.45, 7) is 20.1. The Morgan fingerprint density at radius 2 is 0.895 bits per heavy atom. The van der Waals surface area contributed by atoms with Crippen molar-refractivity contribution in [3.05, 3.63) is 48.5 Å². The second-order valence-corrected chi connectivity index (χ2v) is 12.7. The van der Waals surface area contributed by atoms with Gasteiger partial charge >= 0.3 is 0 Å². The zero-order valence-electron chi connectivity index (χ0n) is 24.5. The number of hydrogen-bond donors (Lipinski definition) is 1. The lowest BCUT2D eigenvalue weighted by atomic mass is 10.0. The molecule has 214 valence electrons. The molecular formula is C31H48O7. The lowest BCUT2D eigenvalue weighted by molar-refractivity contribution is 0.0599. The molecule has 2 aliphatic heterocycles. The topological polar surface area (TPSA) is 82.2 Å². The van der Waals surface area contributed by atoms with E-state index in [1.807, 2.05) is 36.4 Å². The second kappa shape index (κ2) is 15.2. The fraction of sp³-hybridized carbons (Fsp3) is 0.613. The van der Waals surface area contributed by atoms with Crippen molar-refractivity contribution < 1.29 is 33.5 Å². The maximum Gasteiger partial charge on any atom is 0.161 e. The van der Waals surface area contributed by atoms with Gasteiger partial charge in [-0.05, 0) is 35.1 Å². The maximum atomic E-state index is 10.2. The Morgan fingerprint density at radius 1 is 0.632 bits per heavy atom. The summed E-state index contributed by atoms with van der Waals surface area (Å²) in [5, 5.41) is 10.2. The van der Waals surface area contributed by atoms with Gasteiger partial charge in [0.25, 0.3) is 0 Å². The molecule has 0 amide bonds. The molecule has 0 bridgehead atoms. The van der Waals surface area contributed by atoms with Crippen LogP contribution in [0.25, 0.3) is 0 Å². The minimum Gasteiger partial charge on any atom is -0.487 e. The van der Waals surface area contributed by atoms with E-state index in [0.717, 1.165) is 13.2 Å². The van der Waals surface area contributed by atoms with Crippen molar-refractivity contribution in [2.75, 3.05) is 39.6 Å². The molecule has 2 heterocycles. The number of epoxide rings is 2. The molecule has 7 heteroatoms. The summed E-state index contributed by atoms with van der Waals surface area (Å²) in [4.78, 5) is 0. The first-order valence-electron chi connectivity index (χ1n) is 13.4. The van der Waals surface area contributed by atoms with Gasteiger partial charge in [0.1, 0.15) is 44.7 Å². The van der Waals surface area contributed by atoms with Crippen LogP contribution in [0.4, 0.5) is 0 Å². The molecule has 0 spiro atoms. The van der Waals surface area contributed by atoms with Gasteiger partial charge in [-0.3, -0.25) is 0 Å². The average Bonchev–Trinajstić information content (AvgIpc) is 3.73. The molecule has 0 radical (unpaired) electrons. The Hall–Kier alpha value is -2.48. The van der Waals surface area contributed by atoms with Crippen LogP contribution in [0.5, 0.6) is 23.0 Å². The van der Waals surface area contributed by atoms with Crippen LogP contribution in [-0.2, 0) is 9.47 Å². The second-order valence-electron chi connectivity index (χ2n) is 12.7. The molecule has 7 nitrogen and oxygen atoms in total. The highest BCUT2D eigenvalue weighted by Gasteiger charge is 2.24. The molecule has 2 atom stereocenters. The molecule has 2 aromatic rings. The van der Waals surface area contributed by atoms with Crippen LogP contribution in [0.3, 0.4) is 0 Å². The van der Waals surface area contributed by atoms with Crippen molar-refractivity contribution in [3.63, 3.8) is 0 Å². The summed E-state index contributed by atoms with van der Waals surface area (Å²) in [5.74, 6) is 2.42. The zero-order chi connectivity index (χ0) is 28.2. The molecule has 38 heavy (non-hydrogen) atoms. The number of rotatable bonds is 12. The van der Waals surface area contributed by atoms with Gasteiger partial charge in [-0.15, -0.1) is 0 Å². The van der Waals surface area contributed by atoms with Gasteiger partial charge in [0, 0.05) is 0 Å². The van der Waals surface area contributed by atoms with E-state index >= 15 is 0 Å². The minimum atomic E-state index is -0.806. The average molecular weight is 533 g/mol. The predicted molar refractivity (Wildman–Crippen MR) is 151 cm³/mol. The molecule has 0 aliphatic carbocycles. The monoisotopic (exact) mass is 532 g/mol. The van der Waals surface area contributed by atoms with Gasteiger partial charge in [-0.1, -0.05) is 79.7 Å². The number of para-hydroxylation sites is 4. The van der Waals surface area contributed by atoms with Crippen molar-refractivity contribution in [3.8, 4) is 23.0 Å². The first kappa shape index (κ1) is 31.7. The number of aliphatic hydroxyl groups is 1. The van der Waals surface area contributed by atoms with Gasteiger partial charge in [-0.25, -0.2) is 0 Å². The van der Waals surface area contributed by atoms with E-state index in [1.54, 1.807) is 12.1 Å². The number of benzene rings is 2. The van der Waals surface area contributed by atoms with Gasteiger partial charge < -0.3 is 33.5 Å². The highest BCUT2D eigenvalue weighted by atomic mass is 16.6.